The smallest absolute Gasteiger partial charge is 0.421 e. The number of aryl methyl sites for hydroxylation is 2. The predicted octanol–water partition coefficient (Wildman–Crippen LogP) is -2.41. The number of nitrogens with zero attached hydrogens (tertiary/aromatic N) is 6. The summed E-state index contributed by atoms with van der Waals surface area (Å²) in [5.41, 5.74) is 2.11. The van der Waals surface area contributed by atoms with Crippen LogP contribution in [0.4, 0.5) is 17.3 Å². The zero-order valence-electron chi connectivity index (χ0n) is 17.9. The molecule has 1 aromatic carbocycles. The molecule has 1 aromatic heterocycles. The summed E-state index contributed by atoms with van der Waals surface area (Å²) in [6.45, 7) is 12.3. The summed E-state index contributed by atoms with van der Waals surface area (Å²) in [6, 6.07) is 8.37. The largest absolute Gasteiger partial charge is 1.00 e. The van der Waals surface area contributed by atoms with Crippen molar-refractivity contribution in [1.82, 2.24) is 4.57 Å². The first-order valence-electron chi connectivity index (χ1n) is 9.53. The fraction of sp³-hybridized carbons (Fsp3) is 0.550. The van der Waals surface area contributed by atoms with Gasteiger partial charge < -0.3 is 57.3 Å². The van der Waals surface area contributed by atoms with Crippen LogP contribution >= 0.6 is 0 Å². The fourth-order valence-electron chi connectivity index (χ4n) is 2.93. The molecule has 28 heavy (non-hydrogen) atoms. The molecule has 0 fully saturated rings. The van der Waals surface area contributed by atoms with Gasteiger partial charge in [-0.2, -0.15) is 0 Å². The fourth-order valence-corrected chi connectivity index (χ4v) is 2.93. The highest BCUT2D eigenvalue weighted by Crippen LogP contribution is 2.21. The number of rotatable bonds is 9. The number of benzene rings is 1. The average Bonchev–Trinajstić information content (AvgIpc) is 2.99. The molecule has 0 atom stereocenters. The van der Waals surface area contributed by atoms with E-state index in [9.17, 15) is 0 Å². The lowest BCUT2D eigenvalue weighted by Crippen LogP contribution is -3.00. The zero-order chi connectivity index (χ0) is 19.2. The Morgan fingerprint density at radius 3 is 2.11 bits per heavy atom. The van der Waals surface area contributed by atoms with Crippen LogP contribution in [0.5, 0.6) is 0 Å². The Hall–Kier alpha value is -0.750. The molecule has 2 rings (SSSR count). The lowest BCUT2D eigenvalue weighted by atomic mass is 10.2. The summed E-state index contributed by atoms with van der Waals surface area (Å²) >= 11 is 0. The predicted molar refractivity (Wildman–Crippen MR) is 107 cm³/mol. The van der Waals surface area contributed by atoms with Gasteiger partial charge in [0.2, 0.25) is 0 Å². The van der Waals surface area contributed by atoms with Crippen molar-refractivity contribution in [3.63, 3.8) is 0 Å². The first-order valence-corrected chi connectivity index (χ1v) is 9.53. The van der Waals surface area contributed by atoms with Crippen LogP contribution in [0.25, 0.3) is 0 Å². The normalized spacial score (nSPS) is 11.2. The topological polar surface area (TPSA) is 36.8 Å². The maximum absolute atomic E-state index is 4.37. The second kappa shape index (κ2) is 12.7. The Labute approximate surface area is 204 Å². The molecular weight excluding hydrogens is 578 g/mol. The lowest BCUT2D eigenvalue weighted by molar-refractivity contribution is -0.904. The monoisotopic (exact) mass is 612 g/mol. The minimum atomic E-state index is 0. The lowest BCUT2D eigenvalue weighted by Gasteiger charge is -2.35. The number of halogens is 2. The van der Waals surface area contributed by atoms with Gasteiger partial charge in [0.05, 0.1) is 59.7 Å². The van der Waals surface area contributed by atoms with Crippen LogP contribution in [0.15, 0.2) is 46.9 Å². The van der Waals surface area contributed by atoms with E-state index in [2.05, 4.69) is 55.1 Å². The molecule has 2 aromatic rings. The van der Waals surface area contributed by atoms with Gasteiger partial charge in [-0.15, -0.1) is 0 Å². The second-order valence-electron chi connectivity index (χ2n) is 7.09. The molecule has 0 saturated carbocycles. The quantitative estimate of drug-likeness (QED) is 0.135. The molecule has 0 saturated heterocycles. The van der Waals surface area contributed by atoms with E-state index in [0.717, 1.165) is 35.8 Å². The van der Waals surface area contributed by atoms with E-state index in [0.29, 0.717) is 0 Å². The molecule has 0 aliphatic carbocycles. The summed E-state index contributed by atoms with van der Waals surface area (Å²) < 4.78 is 5.01. The zero-order valence-corrected chi connectivity index (χ0v) is 22.3. The van der Waals surface area contributed by atoms with Crippen LogP contribution in [0.2, 0.25) is 0 Å². The molecule has 1 heterocycles. The average molecular weight is 612 g/mol. The molecule has 8 heteroatoms. The Morgan fingerprint density at radius 1 is 1.04 bits per heavy atom. The number of quaternary nitrogens is 1. The van der Waals surface area contributed by atoms with E-state index in [-0.39, 0.29) is 48.0 Å². The van der Waals surface area contributed by atoms with Crippen LogP contribution in [0, 0.1) is 0 Å². The third-order valence-corrected chi connectivity index (χ3v) is 5.43. The SMILES string of the molecule is CCN(CC[N+](C)(CC)CC)c1ccc(N=Nc2n(C)cc[n+]2C)cc1.[I-].[I-]. The van der Waals surface area contributed by atoms with Crippen molar-refractivity contribution in [2.75, 3.05) is 44.7 Å². The molecule has 0 unspecified atom stereocenters. The second-order valence-corrected chi connectivity index (χ2v) is 7.09. The summed E-state index contributed by atoms with van der Waals surface area (Å²) in [5, 5.41) is 8.73. The number of hydrogen-bond acceptors (Lipinski definition) is 3. The van der Waals surface area contributed by atoms with Crippen LogP contribution in [0.3, 0.4) is 0 Å². The summed E-state index contributed by atoms with van der Waals surface area (Å²) in [4.78, 5) is 2.43. The van der Waals surface area contributed by atoms with E-state index < -0.39 is 0 Å². The molecule has 6 nitrogen and oxygen atoms in total. The van der Waals surface area contributed by atoms with E-state index in [4.69, 9.17) is 0 Å². The number of azo groups is 1. The van der Waals surface area contributed by atoms with Crippen LogP contribution < -0.4 is 57.4 Å². The Bertz CT molecular complexity index is 703. The minimum absolute atomic E-state index is 0. The molecule has 0 aliphatic rings. The molecular formula is C20H34I2N6. The molecule has 0 spiro atoms. The van der Waals surface area contributed by atoms with Crippen molar-refractivity contribution >= 4 is 17.3 Å². The van der Waals surface area contributed by atoms with Gasteiger partial charge in [-0.1, -0.05) is 5.11 Å². The highest BCUT2D eigenvalue weighted by molar-refractivity contribution is 5.52. The number of likely N-dealkylation sites (N-methyl/N-ethyl adjacent to an activating group) is 2. The van der Waals surface area contributed by atoms with Crippen molar-refractivity contribution in [2.24, 2.45) is 24.3 Å². The first-order chi connectivity index (χ1) is 12.4. The van der Waals surface area contributed by atoms with Crippen LogP contribution in [0.1, 0.15) is 20.8 Å². The Morgan fingerprint density at radius 2 is 1.64 bits per heavy atom. The maximum atomic E-state index is 4.37. The molecule has 0 N–H and O–H groups in total. The van der Waals surface area contributed by atoms with Gasteiger partial charge in [0, 0.05) is 17.3 Å². The molecule has 0 radical (unpaired) electrons. The van der Waals surface area contributed by atoms with Gasteiger partial charge in [-0.3, -0.25) is 0 Å². The summed E-state index contributed by atoms with van der Waals surface area (Å²) in [6.07, 6.45) is 3.94. The van der Waals surface area contributed by atoms with Crippen molar-refractivity contribution in [3.05, 3.63) is 36.7 Å². The third-order valence-electron chi connectivity index (χ3n) is 5.43. The van der Waals surface area contributed by atoms with Crippen molar-refractivity contribution < 1.29 is 57.0 Å². The van der Waals surface area contributed by atoms with Crippen molar-refractivity contribution in [3.8, 4) is 0 Å². The highest BCUT2D eigenvalue weighted by Gasteiger charge is 2.18. The van der Waals surface area contributed by atoms with E-state index >= 15 is 0 Å². The van der Waals surface area contributed by atoms with Crippen LogP contribution in [-0.2, 0) is 14.1 Å². The summed E-state index contributed by atoms with van der Waals surface area (Å²) in [7, 11) is 6.27. The number of imidazole rings is 1. The summed E-state index contributed by atoms with van der Waals surface area (Å²) in [5.74, 6) is 0.820. The Kier molecular flexibility index (Phi) is 12.4. The van der Waals surface area contributed by atoms with Crippen molar-refractivity contribution in [2.45, 2.75) is 20.8 Å². The van der Waals surface area contributed by atoms with Gasteiger partial charge in [0.1, 0.15) is 5.69 Å². The maximum Gasteiger partial charge on any atom is 0.421 e. The van der Waals surface area contributed by atoms with Crippen molar-refractivity contribution in [1.29, 1.82) is 0 Å². The van der Waals surface area contributed by atoms with Crippen LogP contribution in [-0.4, -0.2) is 48.8 Å². The van der Waals surface area contributed by atoms with Gasteiger partial charge in [-0.25, -0.2) is 9.13 Å². The van der Waals surface area contributed by atoms with Gasteiger partial charge in [0.15, 0.2) is 0 Å². The highest BCUT2D eigenvalue weighted by atomic mass is 127. The van der Waals surface area contributed by atoms with Gasteiger partial charge in [-0.05, 0) is 45.0 Å². The number of anilines is 1. The van der Waals surface area contributed by atoms with Gasteiger partial charge in [0.25, 0.3) is 0 Å². The standard InChI is InChI=1S/C20H34N6.2HI/c1-7-25(16-17-26(6,8-2)9-3)19-12-10-18(11-13-19)21-22-20-23(4)14-15-24(20)5;;/h10-15H,7-9,16-17H2,1-6H3;2*1H/q+2;;/p-2. The minimum Gasteiger partial charge on any atom is -1.00 e. The molecule has 0 aliphatic heterocycles. The molecule has 0 amide bonds. The molecule has 158 valence electrons. The first kappa shape index (κ1) is 27.2. The Balaban J connectivity index is 0.00000364. The number of aromatic nitrogens is 2. The van der Waals surface area contributed by atoms with E-state index in [1.54, 1.807) is 0 Å². The molecule has 0 bridgehead atoms. The third kappa shape index (κ3) is 7.25. The van der Waals surface area contributed by atoms with E-state index in [1.165, 1.54) is 18.8 Å². The van der Waals surface area contributed by atoms with Gasteiger partial charge >= 0.3 is 5.95 Å². The van der Waals surface area contributed by atoms with E-state index in [1.807, 2.05) is 47.8 Å². The number of hydrogen-bond donors (Lipinski definition) is 0.